The van der Waals surface area contributed by atoms with Crippen LogP contribution in [-0.4, -0.2) is 49.9 Å². The van der Waals surface area contributed by atoms with Gasteiger partial charge in [0.15, 0.2) is 0 Å². The van der Waals surface area contributed by atoms with E-state index in [-0.39, 0.29) is 11.8 Å². The Labute approximate surface area is 143 Å². The molecule has 1 saturated heterocycles. The van der Waals surface area contributed by atoms with Crippen molar-refractivity contribution in [3.63, 3.8) is 0 Å². The molecule has 0 radical (unpaired) electrons. The number of amidine groups is 1. The van der Waals surface area contributed by atoms with Crippen molar-refractivity contribution in [3.05, 3.63) is 24.3 Å². The summed E-state index contributed by atoms with van der Waals surface area (Å²) in [6, 6.07) is 6.95. The second-order valence-corrected chi connectivity index (χ2v) is 7.83. The molecule has 0 spiro atoms. The van der Waals surface area contributed by atoms with E-state index in [1.54, 1.807) is 12.1 Å². The summed E-state index contributed by atoms with van der Waals surface area (Å²) in [6.45, 7) is 6.10. The van der Waals surface area contributed by atoms with Crippen molar-refractivity contribution in [2.45, 2.75) is 31.6 Å². The lowest BCUT2D eigenvalue weighted by Crippen LogP contribution is -2.41. The number of oxime groups is 1. The molecule has 8 heteroatoms. The van der Waals surface area contributed by atoms with Gasteiger partial charge in [-0.15, -0.1) is 0 Å². The SMILES string of the molecule is CCN(CC)S(=O)(=O)c1ccc(N2CCC[C@@H](C(N)=NO)C2)cc1. The Morgan fingerprint density at radius 1 is 1.33 bits per heavy atom. The third-order valence-electron chi connectivity index (χ3n) is 4.50. The van der Waals surface area contributed by atoms with Crippen LogP contribution in [0.25, 0.3) is 0 Å². The quantitative estimate of drug-likeness (QED) is 0.350. The predicted molar refractivity (Wildman–Crippen MR) is 94.9 cm³/mol. The van der Waals surface area contributed by atoms with Gasteiger partial charge in [-0.25, -0.2) is 8.42 Å². The monoisotopic (exact) mass is 354 g/mol. The second-order valence-electron chi connectivity index (χ2n) is 5.89. The number of sulfonamides is 1. The fraction of sp³-hybridized carbons (Fsp3) is 0.562. The van der Waals surface area contributed by atoms with Gasteiger partial charge in [-0.1, -0.05) is 19.0 Å². The molecule has 1 aliphatic heterocycles. The summed E-state index contributed by atoms with van der Waals surface area (Å²) in [5.74, 6) is 0.267. The van der Waals surface area contributed by atoms with Gasteiger partial charge < -0.3 is 15.8 Å². The molecule has 7 nitrogen and oxygen atoms in total. The van der Waals surface area contributed by atoms with Gasteiger partial charge in [0.25, 0.3) is 0 Å². The number of rotatable bonds is 6. The largest absolute Gasteiger partial charge is 0.409 e. The van der Waals surface area contributed by atoms with Gasteiger partial charge in [0.05, 0.1) is 4.90 Å². The highest BCUT2D eigenvalue weighted by Crippen LogP contribution is 2.25. The van der Waals surface area contributed by atoms with Crippen LogP contribution in [0.15, 0.2) is 34.3 Å². The molecule has 1 atom stereocenters. The van der Waals surface area contributed by atoms with Crippen LogP contribution in [0.2, 0.25) is 0 Å². The van der Waals surface area contributed by atoms with Crippen molar-refractivity contribution in [1.82, 2.24) is 4.31 Å². The molecule has 0 saturated carbocycles. The molecule has 1 aromatic carbocycles. The van der Waals surface area contributed by atoms with E-state index >= 15 is 0 Å². The lowest BCUT2D eigenvalue weighted by atomic mass is 9.96. The Balaban J connectivity index is 2.17. The van der Waals surface area contributed by atoms with Gasteiger partial charge in [0.1, 0.15) is 5.84 Å². The number of nitrogens with zero attached hydrogens (tertiary/aromatic N) is 3. The zero-order chi connectivity index (χ0) is 17.7. The van der Waals surface area contributed by atoms with Crippen molar-refractivity contribution in [1.29, 1.82) is 0 Å². The van der Waals surface area contributed by atoms with E-state index in [1.807, 2.05) is 26.0 Å². The van der Waals surface area contributed by atoms with Crippen LogP contribution in [0, 0.1) is 5.92 Å². The lowest BCUT2D eigenvalue weighted by molar-refractivity contribution is 0.311. The number of benzene rings is 1. The fourth-order valence-electron chi connectivity index (χ4n) is 3.08. The molecular formula is C16H26N4O3S. The van der Waals surface area contributed by atoms with Crippen molar-refractivity contribution in [3.8, 4) is 0 Å². The van der Waals surface area contributed by atoms with E-state index in [2.05, 4.69) is 10.1 Å². The first-order chi connectivity index (χ1) is 11.4. The molecule has 2 rings (SSSR count). The summed E-state index contributed by atoms with van der Waals surface area (Å²) in [6.07, 6.45) is 1.83. The van der Waals surface area contributed by atoms with Crippen molar-refractivity contribution >= 4 is 21.5 Å². The summed E-state index contributed by atoms with van der Waals surface area (Å²) in [7, 11) is -3.43. The molecule has 24 heavy (non-hydrogen) atoms. The molecule has 1 fully saturated rings. The molecular weight excluding hydrogens is 328 g/mol. The first kappa shape index (κ1) is 18.5. The predicted octanol–water partition coefficient (Wildman–Crippen LogP) is 1.68. The minimum atomic E-state index is -3.43. The number of hydrogen-bond donors (Lipinski definition) is 2. The number of piperidine rings is 1. The smallest absolute Gasteiger partial charge is 0.243 e. The molecule has 0 bridgehead atoms. The maximum absolute atomic E-state index is 12.5. The van der Waals surface area contributed by atoms with Crippen molar-refractivity contribution in [2.24, 2.45) is 16.8 Å². The molecule has 1 heterocycles. The normalized spacial score (nSPS) is 19.7. The van der Waals surface area contributed by atoms with E-state index in [0.717, 1.165) is 25.1 Å². The molecule has 0 unspecified atom stereocenters. The van der Waals surface area contributed by atoms with E-state index in [0.29, 0.717) is 24.5 Å². The van der Waals surface area contributed by atoms with Crippen LogP contribution in [0.4, 0.5) is 5.69 Å². The van der Waals surface area contributed by atoms with Gasteiger partial charge in [-0.05, 0) is 37.1 Å². The third-order valence-corrected chi connectivity index (χ3v) is 6.56. The average molecular weight is 354 g/mol. The standard InChI is InChI=1S/C16H26N4O3S/c1-3-20(4-2)24(22,23)15-9-7-14(8-10-15)19-11-5-6-13(12-19)16(17)18-21/h7-10,13,21H,3-6,11-12H2,1-2H3,(H2,17,18)/t13-/m1/s1. The zero-order valence-electron chi connectivity index (χ0n) is 14.2. The minimum Gasteiger partial charge on any atom is -0.409 e. The molecule has 1 aliphatic rings. The van der Waals surface area contributed by atoms with Crippen LogP contribution < -0.4 is 10.6 Å². The Bertz CT molecular complexity index is 669. The Morgan fingerprint density at radius 3 is 2.50 bits per heavy atom. The Kier molecular flexibility index (Phi) is 6.06. The highest BCUT2D eigenvalue weighted by molar-refractivity contribution is 7.89. The van der Waals surface area contributed by atoms with Crippen LogP contribution in [-0.2, 0) is 10.0 Å². The topological polar surface area (TPSA) is 99.2 Å². The summed E-state index contributed by atoms with van der Waals surface area (Å²) in [5, 5.41) is 11.9. The molecule has 134 valence electrons. The van der Waals surface area contributed by atoms with E-state index < -0.39 is 10.0 Å². The van der Waals surface area contributed by atoms with Crippen molar-refractivity contribution in [2.75, 3.05) is 31.1 Å². The Morgan fingerprint density at radius 2 is 1.96 bits per heavy atom. The van der Waals surface area contributed by atoms with E-state index in [9.17, 15) is 8.42 Å². The average Bonchev–Trinajstić information content (AvgIpc) is 2.62. The zero-order valence-corrected chi connectivity index (χ0v) is 15.0. The van der Waals surface area contributed by atoms with Crippen LogP contribution in [0.1, 0.15) is 26.7 Å². The maximum Gasteiger partial charge on any atom is 0.243 e. The van der Waals surface area contributed by atoms with Crippen molar-refractivity contribution < 1.29 is 13.6 Å². The lowest BCUT2D eigenvalue weighted by Gasteiger charge is -2.33. The highest BCUT2D eigenvalue weighted by atomic mass is 32.2. The number of anilines is 1. The van der Waals surface area contributed by atoms with Crippen LogP contribution >= 0.6 is 0 Å². The fourth-order valence-corrected chi connectivity index (χ4v) is 4.53. The molecule has 0 amide bonds. The summed E-state index contributed by atoms with van der Waals surface area (Å²) in [5.41, 5.74) is 6.67. The second kappa shape index (κ2) is 7.85. The maximum atomic E-state index is 12.5. The summed E-state index contributed by atoms with van der Waals surface area (Å²) in [4.78, 5) is 2.44. The van der Waals surface area contributed by atoms with E-state index in [4.69, 9.17) is 10.9 Å². The van der Waals surface area contributed by atoms with Gasteiger partial charge >= 0.3 is 0 Å². The minimum absolute atomic E-state index is 0.0165. The summed E-state index contributed by atoms with van der Waals surface area (Å²) < 4.78 is 26.5. The van der Waals surface area contributed by atoms with Crippen LogP contribution in [0.5, 0.6) is 0 Å². The van der Waals surface area contributed by atoms with E-state index in [1.165, 1.54) is 4.31 Å². The number of hydrogen-bond acceptors (Lipinski definition) is 5. The van der Waals surface area contributed by atoms with Gasteiger partial charge in [0, 0.05) is 37.8 Å². The molecule has 3 N–H and O–H groups in total. The molecule has 0 aromatic heterocycles. The van der Waals surface area contributed by atoms with Gasteiger partial charge in [0.2, 0.25) is 10.0 Å². The highest BCUT2D eigenvalue weighted by Gasteiger charge is 2.25. The van der Waals surface area contributed by atoms with Gasteiger partial charge in [-0.3, -0.25) is 0 Å². The first-order valence-electron chi connectivity index (χ1n) is 8.26. The third kappa shape index (κ3) is 3.81. The Hall–Kier alpha value is -1.80. The van der Waals surface area contributed by atoms with Crippen LogP contribution in [0.3, 0.4) is 0 Å². The number of nitrogens with two attached hydrogens (primary N) is 1. The first-order valence-corrected chi connectivity index (χ1v) is 9.70. The molecule has 1 aromatic rings. The summed E-state index contributed by atoms with van der Waals surface area (Å²) >= 11 is 0. The molecule has 0 aliphatic carbocycles. The van der Waals surface area contributed by atoms with Gasteiger partial charge in [-0.2, -0.15) is 4.31 Å².